The predicted molar refractivity (Wildman–Crippen MR) is 97.6 cm³/mol. The molecule has 1 aromatic carbocycles. The molecule has 0 fully saturated rings. The van der Waals surface area contributed by atoms with E-state index in [9.17, 15) is 10.1 Å². The molecule has 0 aliphatic carbocycles. The van der Waals surface area contributed by atoms with Gasteiger partial charge in [-0.25, -0.2) is 0 Å². The normalized spacial score (nSPS) is 11.2. The molecule has 1 aromatic heterocycles. The second kappa shape index (κ2) is 7.65. The number of nitriles is 1. The maximum absolute atomic E-state index is 12.4. The van der Waals surface area contributed by atoms with Crippen molar-refractivity contribution in [3.05, 3.63) is 58.4 Å². The van der Waals surface area contributed by atoms with Crippen molar-refractivity contribution in [1.82, 2.24) is 4.57 Å². The van der Waals surface area contributed by atoms with Gasteiger partial charge in [-0.3, -0.25) is 4.79 Å². The van der Waals surface area contributed by atoms with Crippen LogP contribution in [0.5, 0.6) is 0 Å². The van der Waals surface area contributed by atoms with E-state index >= 15 is 0 Å². The van der Waals surface area contributed by atoms with E-state index in [0.717, 1.165) is 41.2 Å². The Hall–Kier alpha value is -2.80. The number of nitrogens with zero attached hydrogens (tertiary/aromatic N) is 2. The molecule has 0 aliphatic rings. The van der Waals surface area contributed by atoms with Crippen LogP contribution < -0.4 is 5.32 Å². The van der Waals surface area contributed by atoms with Crippen molar-refractivity contribution in [1.29, 1.82) is 5.26 Å². The van der Waals surface area contributed by atoms with Crippen LogP contribution in [0.1, 0.15) is 35.9 Å². The van der Waals surface area contributed by atoms with E-state index in [1.54, 1.807) is 6.08 Å². The van der Waals surface area contributed by atoms with E-state index in [1.165, 1.54) is 0 Å². The third kappa shape index (κ3) is 3.75. The minimum atomic E-state index is -0.382. The molecule has 1 amide bonds. The van der Waals surface area contributed by atoms with Gasteiger partial charge in [0, 0.05) is 23.6 Å². The van der Waals surface area contributed by atoms with Crippen molar-refractivity contribution in [2.24, 2.45) is 0 Å². The van der Waals surface area contributed by atoms with E-state index < -0.39 is 0 Å². The fraction of sp³-hybridized carbons (Fsp3) is 0.300. The number of benzene rings is 1. The number of amides is 1. The lowest BCUT2D eigenvalue weighted by atomic mass is 10.1. The molecule has 24 heavy (non-hydrogen) atoms. The van der Waals surface area contributed by atoms with Crippen LogP contribution >= 0.6 is 0 Å². The number of rotatable bonds is 5. The third-order valence-electron chi connectivity index (χ3n) is 4.12. The minimum Gasteiger partial charge on any atom is -0.349 e. The van der Waals surface area contributed by atoms with Crippen LogP contribution in [-0.2, 0) is 11.3 Å². The highest BCUT2D eigenvalue weighted by Gasteiger charge is 2.13. The van der Waals surface area contributed by atoms with Crippen molar-refractivity contribution in [2.45, 2.75) is 40.7 Å². The summed E-state index contributed by atoms with van der Waals surface area (Å²) in [4.78, 5) is 12.4. The lowest BCUT2D eigenvalue weighted by molar-refractivity contribution is -0.112. The van der Waals surface area contributed by atoms with E-state index in [4.69, 9.17) is 0 Å². The molecule has 0 unspecified atom stereocenters. The Morgan fingerprint density at radius 2 is 2.00 bits per heavy atom. The maximum atomic E-state index is 12.4. The van der Waals surface area contributed by atoms with Gasteiger partial charge in [-0.1, -0.05) is 25.1 Å². The van der Waals surface area contributed by atoms with Gasteiger partial charge in [-0.15, -0.1) is 0 Å². The summed E-state index contributed by atoms with van der Waals surface area (Å²) in [7, 11) is 0. The Morgan fingerprint density at radius 3 is 2.62 bits per heavy atom. The Bertz CT molecular complexity index is 822. The number of carbonyl (C=O) groups excluding carboxylic acids is 1. The number of hydrogen-bond donors (Lipinski definition) is 1. The Morgan fingerprint density at radius 1 is 1.29 bits per heavy atom. The zero-order valence-corrected chi connectivity index (χ0v) is 14.7. The van der Waals surface area contributed by atoms with Gasteiger partial charge in [-0.2, -0.15) is 5.26 Å². The predicted octanol–water partition coefficient (Wildman–Crippen LogP) is 4.37. The highest BCUT2D eigenvalue weighted by Crippen LogP contribution is 2.20. The summed E-state index contributed by atoms with van der Waals surface area (Å²) in [6, 6.07) is 11.6. The van der Waals surface area contributed by atoms with Crippen LogP contribution in [0.3, 0.4) is 0 Å². The first-order chi connectivity index (χ1) is 11.5. The largest absolute Gasteiger partial charge is 0.349 e. The van der Waals surface area contributed by atoms with E-state index in [0.29, 0.717) is 0 Å². The highest BCUT2D eigenvalue weighted by molar-refractivity contribution is 6.10. The molecule has 124 valence electrons. The summed E-state index contributed by atoms with van der Waals surface area (Å²) in [5.41, 5.74) is 4.92. The zero-order valence-electron chi connectivity index (χ0n) is 14.7. The molecule has 0 aliphatic heterocycles. The summed E-state index contributed by atoms with van der Waals surface area (Å²) in [6.07, 6.45) is 2.71. The Kier molecular flexibility index (Phi) is 5.59. The Balaban J connectivity index is 2.30. The van der Waals surface area contributed by atoms with Crippen molar-refractivity contribution >= 4 is 17.7 Å². The van der Waals surface area contributed by atoms with Gasteiger partial charge in [0.25, 0.3) is 5.91 Å². The van der Waals surface area contributed by atoms with E-state index in [2.05, 4.69) is 16.8 Å². The maximum Gasteiger partial charge on any atom is 0.266 e. The van der Waals surface area contributed by atoms with Gasteiger partial charge in [0.05, 0.1) is 0 Å². The molecule has 2 rings (SSSR count). The first-order valence-corrected chi connectivity index (χ1v) is 8.13. The number of aryl methyl sites for hydroxylation is 2. The zero-order chi connectivity index (χ0) is 17.7. The molecular formula is C20H23N3O. The fourth-order valence-electron chi connectivity index (χ4n) is 2.75. The van der Waals surface area contributed by atoms with Gasteiger partial charge in [0.15, 0.2) is 0 Å². The summed E-state index contributed by atoms with van der Waals surface area (Å²) in [5, 5.41) is 12.2. The number of nitrogens with one attached hydrogen (secondary N) is 1. The molecule has 0 saturated carbocycles. The van der Waals surface area contributed by atoms with Gasteiger partial charge in [-0.05, 0) is 56.5 Å². The highest BCUT2D eigenvalue weighted by atomic mass is 16.1. The average Bonchev–Trinajstić information content (AvgIpc) is 2.82. The quantitative estimate of drug-likeness (QED) is 0.656. The fourth-order valence-corrected chi connectivity index (χ4v) is 2.75. The molecule has 0 atom stereocenters. The van der Waals surface area contributed by atoms with Crippen molar-refractivity contribution in [2.75, 3.05) is 5.32 Å². The van der Waals surface area contributed by atoms with Crippen LogP contribution in [-0.4, -0.2) is 10.5 Å². The lowest BCUT2D eigenvalue weighted by Crippen LogP contribution is -2.14. The summed E-state index contributed by atoms with van der Waals surface area (Å²) >= 11 is 0. The molecule has 1 N–H and O–H groups in total. The second-order valence-electron chi connectivity index (χ2n) is 5.92. The van der Waals surface area contributed by atoms with E-state index in [-0.39, 0.29) is 11.5 Å². The van der Waals surface area contributed by atoms with Crippen LogP contribution in [0.25, 0.3) is 6.08 Å². The first kappa shape index (κ1) is 17.6. The van der Waals surface area contributed by atoms with Crippen LogP contribution in [0.4, 0.5) is 5.69 Å². The van der Waals surface area contributed by atoms with E-state index in [1.807, 2.05) is 57.2 Å². The number of carbonyl (C=O) groups is 1. The molecule has 0 spiro atoms. The monoisotopic (exact) mass is 321 g/mol. The summed E-state index contributed by atoms with van der Waals surface area (Å²) in [6.45, 7) is 9.04. The molecule has 0 bridgehead atoms. The molecule has 0 saturated heterocycles. The third-order valence-corrected chi connectivity index (χ3v) is 4.12. The summed E-state index contributed by atoms with van der Waals surface area (Å²) < 4.78 is 2.21. The average molecular weight is 321 g/mol. The molecular weight excluding hydrogens is 298 g/mol. The second-order valence-corrected chi connectivity index (χ2v) is 5.92. The van der Waals surface area contributed by atoms with Gasteiger partial charge in [0.2, 0.25) is 0 Å². The minimum absolute atomic E-state index is 0.106. The number of anilines is 1. The Labute approximate surface area is 143 Å². The van der Waals surface area contributed by atoms with Gasteiger partial charge < -0.3 is 9.88 Å². The first-order valence-electron chi connectivity index (χ1n) is 8.13. The number of para-hydroxylation sites is 1. The number of aromatic nitrogens is 1. The van der Waals surface area contributed by atoms with Crippen molar-refractivity contribution < 1.29 is 4.79 Å². The van der Waals surface area contributed by atoms with Crippen molar-refractivity contribution in [3.63, 3.8) is 0 Å². The molecule has 4 heteroatoms. The molecule has 4 nitrogen and oxygen atoms in total. The van der Waals surface area contributed by atoms with Crippen LogP contribution in [0.15, 0.2) is 35.9 Å². The molecule has 1 heterocycles. The van der Waals surface area contributed by atoms with Crippen molar-refractivity contribution in [3.8, 4) is 6.07 Å². The lowest BCUT2D eigenvalue weighted by Gasteiger charge is -2.08. The smallest absolute Gasteiger partial charge is 0.266 e. The van der Waals surface area contributed by atoms with Gasteiger partial charge in [0.1, 0.15) is 11.6 Å². The molecule has 2 aromatic rings. The topological polar surface area (TPSA) is 57.8 Å². The number of hydrogen-bond acceptors (Lipinski definition) is 2. The van der Waals surface area contributed by atoms with Crippen LogP contribution in [0, 0.1) is 32.1 Å². The standard InChI is InChI=1S/C20H23N3O/c1-5-10-23-15(3)11-17(16(23)4)12-18(13-21)20(24)22-19-9-7-6-8-14(19)2/h6-9,11-12H,5,10H2,1-4H3,(H,22,24)/b18-12-. The van der Waals surface area contributed by atoms with Gasteiger partial charge >= 0.3 is 0 Å². The SMILES string of the molecule is CCCn1c(C)cc(/C=C(/C#N)C(=O)Nc2ccccc2C)c1C. The summed E-state index contributed by atoms with van der Waals surface area (Å²) in [5.74, 6) is -0.382. The van der Waals surface area contributed by atoms with Crippen LogP contribution in [0.2, 0.25) is 0 Å². The molecule has 0 radical (unpaired) electrons.